The lowest BCUT2D eigenvalue weighted by Crippen LogP contribution is -2.15. The summed E-state index contributed by atoms with van der Waals surface area (Å²) in [5.41, 5.74) is 25.6. The molecule has 0 fully saturated rings. The summed E-state index contributed by atoms with van der Waals surface area (Å²) in [6, 6.07) is 96.9. The largest absolute Gasteiger partial charge is 0.310 e. The molecule has 3 heterocycles. The maximum Gasteiger partial charge on any atom is 0.0629 e. The third-order valence-electron chi connectivity index (χ3n) is 16.8. The Bertz CT molecular complexity index is 4690. The van der Waals surface area contributed by atoms with Crippen LogP contribution in [0.25, 0.3) is 121 Å². The van der Waals surface area contributed by atoms with Crippen molar-refractivity contribution in [3.8, 4) is 67.0 Å². The number of anilines is 3. The molecule has 0 unspecified atom stereocenters. The second-order valence-corrected chi connectivity index (χ2v) is 21.2. The van der Waals surface area contributed by atoms with Crippen LogP contribution in [-0.4, -0.2) is 9.13 Å². The van der Waals surface area contributed by atoms with E-state index in [1.54, 1.807) is 0 Å². The van der Waals surface area contributed by atoms with Crippen LogP contribution in [0.15, 0.2) is 261 Å². The average molecular weight is 968 g/mol. The van der Waals surface area contributed by atoms with Crippen LogP contribution in [0.4, 0.5) is 17.1 Å². The molecular formula is C73H49N3. The van der Waals surface area contributed by atoms with Crippen LogP contribution >= 0.6 is 0 Å². The van der Waals surface area contributed by atoms with E-state index < -0.39 is 0 Å². The number of para-hydroxylation sites is 4. The molecule has 2 aromatic heterocycles. The zero-order chi connectivity index (χ0) is 50.2. The lowest BCUT2D eigenvalue weighted by atomic mass is 9.80. The number of hydrogen-bond donors (Lipinski definition) is 0. The number of nitrogens with zero attached hydrogens (tertiary/aromatic N) is 3. The van der Waals surface area contributed by atoms with Crippen LogP contribution < -0.4 is 4.90 Å². The standard InChI is InChI=1S/C73H49N3/c1-73(2)63-36-18-35-60-59-32-7-11-39-67(59)76-68-40-12-8-33-61(68)69-62(45-64(73)71(70(60)63)72(69)76)49-23-13-21-47(41-49)48-22-14-25-51(42-48)74(52-26-15-24-50(43-52)56-34-16-20-46-19-3-4-29-55(46)56)53-27-17-28-54(44-53)75-65-37-9-5-30-57(65)58-31-6-10-38-66(58)75/h3-45H,1-2H3. The van der Waals surface area contributed by atoms with Gasteiger partial charge in [-0.3, -0.25) is 0 Å². The van der Waals surface area contributed by atoms with Crippen molar-refractivity contribution in [1.29, 1.82) is 0 Å². The second-order valence-electron chi connectivity index (χ2n) is 21.2. The molecule has 0 radical (unpaired) electrons. The van der Waals surface area contributed by atoms with Crippen molar-refractivity contribution < 1.29 is 0 Å². The second kappa shape index (κ2) is 16.1. The third-order valence-corrected chi connectivity index (χ3v) is 16.8. The molecule has 0 amide bonds. The first kappa shape index (κ1) is 42.8. The van der Waals surface area contributed by atoms with E-state index in [1.807, 2.05) is 0 Å². The van der Waals surface area contributed by atoms with Crippen LogP contribution in [0.5, 0.6) is 0 Å². The molecule has 3 nitrogen and oxygen atoms in total. The minimum Gasteiger partial charge on any atom is -0.310 e. The molecule has 0 bridgehead atoms. The van der Waals surface area contributed by atoms with Gasteiger partial charge in [-0.15, -0.1) is 0 Å². The number of benzene rings is 12. The SMILES string of the molecule is CC1(C)c2cccc3c2-c2c1cc(-c1cccc(-c4cccc(N(c5cccc(-c6cccc7ccccc67)c5)c5cccc(-n6c7ccccc7c7ccccc76)c5)c4)c1)c1c4ccccc4n(c21)-c1ccccc1-3. The Morgan fingerprint density at radius 1 is 0.329 bits per heavy atom. The van der Waals surface area contributed by atoms with Gasteiger partial charge in [0, 0.05) is 60.8 Å². The molecule has 76 heavy (non-hydrogen) atoms. The number of rotatable bonds is 7. The van der Waals surface area contributed by atoms with Crippen molar-refractivity contribution in [2.24, 2.45) is 0 Å². The topological polar surface area (TPSA) is 13.1 Å². The first-order valence-electron chi connectivity index (χ1n) is 26.5. The molecule has 0 spiro atoms. The average Bonchev–Trinajstić information content (AvgIpc) is 4.27. The molecule has 0 saturated carbocycles. The fraction of sp³-hybridized carbons (Fsp3) is 0.0411. The van der Waals surface area contributed by atoms with E-state index in [4.69, 9.17) is 0 Å². The quantitative estimate of drug-likeness (QED) is 0.155. The highest BCUT2D eigenvalue weighted by atomic mass is 15.1. The molecule has 0 N–H and O–H groups in total. The molecule has 356 valence electrons. The van der Waals surface area contributed by atoms with Gasteiger partial charge in [0.15, 0.2) is 0 Å². The van der Waals surface area contributed by atoms with Gasteiger partial charge in [0.05, 0.1) is 27.8 Å². The Hall–Kier alpha value is -9.70. The third kappa shape index (κ3) is 6.11. The molecule has 1 aliphatic carbocycles. The van der Waals surface area contributed by atoms with Crippen molar-refractivity contribution in [2.75, 3.05) is 4.90 Å². The molecule has 0 saturated heterocycles. The predicted octanol–water partition coefficient (Wildman–Crippen LogP) is 19.8. The summed E-state index contributed by atoms with van der Waals surface area (Å²) in [5.74, 6) is 0. The van der Waals surface area contributed by atoms with Crippen molar-refractivity contribution in [2.45, 2.75) is 19.3 Å². The highest BCUT2D eigenvalue weighted by molar-refractivity contribution is 6.23. The Kier molecular flexibility index (Phi) is 9.09. The van der Waals surface area contributed by atoms with Gasteiger partial charge < -0.3 is 14.0 Å². The lowest BCUT2D eigenvalue weighted by molar-refractivity contribution is 0.661. The fourth-order valence-corrected chi connectivity index (χ4v) is 13.4. The predicted molar refractivity (Wildman–Crippen MR) is 320 cm³/mol. The van der Waals surface area contributed by atoms with E-state index in [-0.39, 0.29) is 5.41 Å². The number of aromatic nitrogens is 2. The summed E-state index contributed by atoms with van der Waals surface area (Å²) in [5, 5.41) is 7.54. The molecule has 14 aromatic rings. The van der Waals surface area contributed by atoms with Gasteiger partial charge in [0.1, 0.15) is 0 Å². The minimum atomic E-state index is -0.198. The maximum atomic E-state index is 2.57. The molecular weight excluding hydrogens is 919 g/mol. The van der Waals surface area contributed by atoms with Gasteiger partial charge in [-0.1, -0.05) is 196 Å². The Labute approximate surface area is 441 Å². The van der Waals surface area contributed by atoms with Gasteiger partial charge in [-0.25, -0.2) is 0 Å². The van der Waals surface area contributed by atoms with E-state index in [1.165, 1.54) is 121 Å². The fourth-order valence-electron chi connectivity index (χ4n) is 13.4. The van der Waals surface area contributed by atoms with Crippen LogP contribution in [0.3, 0.4) is 0 Å². The lowest BCUT2D eigenvalue weighted by Gasteiger charge is -2.27. The smallest absolute Gasteiger partial charge is 0.0629 e. The van der Waals surface area contributed by atoms with E-state index in [9.17, 15) is 0 Å². The summed E-state index contributed by atoms with van der Waals surface area (Å²) in [6.07, 6.45) is 0. The van der Waals surface area contributed by atoms with Crippen LogP contribution in [-0.2, 0) is 5.41 Å². The normalized spacial score (nSPS) is 13.0. The van der Waals surface area contributed by atoms with Gasteiger partial charge in [0.2, 0.25) is 0 Å². The summed E-state index contributed by atoms with van der Waals surface area (Å²) >= 11 is 0. The molecule has 16 rings (SSSR count). The van der Waals surface area contributed by atoms with E-state index in [0.717, 1.165) is 28.3 Å². The molecule has 12 aromatic carbocycles. The van der Waals surface area contributed by atoms with Gasteiger partial charge in [-0.2, -0.15) is 0 Å². The number of fused-ring (bicyclic) bond motifs is 10. The molecule has 3 heteroatoms. The van der Waals surface area contributed by atoms with Gasteiger partial charge >= 0.3 is 0 Å². The molecule has 2 aliphatic rings. The Morgan fingerprint density at radius 2 is 0.842 bits per heavy atom. The maximum absolute atomic E-state index is 2.57. The summed E-state index contributed by atoms with van der Waals surface area (Å²) in [4.78, 5) is 2.44. The van der Waals surface area contributed by atoms with E-state index >= 15 is 0 Å². The first-order valence-corrected chi connectivity index (χ1v) is 26.5. The first-order chi connectivity index (χ1) is 37.5. The van der Waals surface area contributed by atoms with Crippen molar-refractivity contribution >= 4 is 71.4 Å². The van der Waals surface area contributed by atoms with Gasteiger partial charge in [-0.05, 0) is 145 Å². The van der Waals surface area contributed by atoms with Gasteiger partial charge in [0.25, 0.3) is 0 Å². The van der Waals surface area contributed by atoms with Crippen molar-refractivity contribution in [3.63, 3.8) is 0 Å². The van der Waals surface area contributed by atoms with Crippen molar-refractivity contribution in [3.05, 3.63) is 272 Å². The summed E-state index contributed by atoms with van der Waals surface area (Å²) < 4.78 is 4.98. The van der Waals surface area contributed by atoms with Crippen LogP contribution in [0.2, 0.25) is 0 Å². The Morgan fingerprint density at radius 3 is 1.61 bits per heavy atom. The van der Waals surface area contributed by atoms with Crippen molar-refractivity contribution in [1.82, 2.24) is 9.13 Å². The zero-order valence-corrected chi connectivity index (χ0v) is 42.2. The molecule has 1 aliphatic heterocycles. The van der Waals surface area contributed by atoms with E-state index in [0.29, 0.717) is 0 Å². The van der Waals surface area contributed by atoms with Crippen LogP contribution in [0, 0.1) is 0 Å². The minimum absolute atomic E-state index is 0.198. The Balaban J connectivity index is 0.886. The highest BCUT2D eigenvalue weighted by Gasteiger charge is 2.42. The van der Waals surface area contributed by atoms with Crippen LogP contribution in [0.1, 0.15) is 25.0 Å². The highest BCUT2D eigenvalue weighted by Crippen LogP contribution is 2.59. The van der Waals surface area contributed by atoms with E-state index in [2.05, 4.69) is 289 Å². The summed E-state index contributed by atoms with van der Waals surface area (Å²) in [7, 11) is 0. The summed E-state index contributed by atoms with van der Waals surface area (Å²) in [6.45, 7) is 4.84. The monoisotopic (exact) mass is 967 g/mol. The zero-order valence-electron chi connectivity index (χ0n) is 42.2. The number of hydrogen-bond acceptors (Lipinski definition) is 1. The molecule has 0 atom stereocenters.